The maximum Gasteiger partial charge on any atom is 0.272 e. The van der Waals surface area contributed by atoms with E-state index in [2.05, 4.69) is 10.3 Å². The highest BCUT2D eigenvalue weighted by Gasteiger charge is 2.23. The molecule has 0 spiro atoms. The van der Waals surface area contributed by atoms with E-state index < -0.39 is 0 Å². The van der Waals surface area contributed by atoms with Crippen molar-refractivity contribution in [3.05, 3.63) is 29.6 Å². The molecule has 2 rings (SSSR count). The molecule has 1 saturated heterocycles. The Labute approximate surface area is 135 Å². The lowest BCUT2D eigenvalue weighted by Crippen LogP contribution is -2.48. The van der Waals surface area contributed by atoms with Crippen molar-refractivity contribution in [1.29, 1.82) is 0 Å². The quantitative estimate of drug-likeness (QED) is 0.824. The van der Waals surface area contributed by atoms with Crippen LogP contribution in [0.5, 0.6) is 0 Å². The van der Waals surface area contributed by atoms with Crippen LogP contribution < -0.4 is 5.32 Å². The second kappa shape index (κ2) is 6.76. The van der Waals surface area contributed by atoms with Gasteiger partial charge in [-0.2, -0.15) is 0 Å². The summed E-state index contributed by atoms with van der Waals surface area (Å²) in [7, 11) is 0. The van der Waals surface area contributed by atoms with Crippen molar-refractivity contribution in [3.63, 3.8) is 0 Å². The Morgan fingerprint density at radius 1 is 1.13 bits per heavy atom. The van der Waals surface area contributed by atoms with Crippen LogP contribution in [0.15, 0.2) is 18.2 Å². The van der Waals surface area contributed by atoms with Crippen LogP contribution in [0.25, 0.3) is 0 Å². The Morgan fingerprint density at radius 2 is 1.74 bits per heavy atom. The van der Waals surface area contributed by atoms with Crippen LogP contribution in [0.2, 0.25) is 0 Å². The zero-order valence-electron chi connectivity index (χ0n) is 13.7. The van der Waals surface area contributed by atoms with E-state index in [-0.39, 0.29) is 28.7 Å². The molecule has 3 amide bonds. The molecule has 1 aliphatic rings. The molecule has 0 unspecified atom stereocenters. The second-order valence-corrected chi connectivity index (χ2v) is 6.55. The van der Waals surface area contributed by atoms with Gasteiger partial charge in [-0.15, -0.1) is 0 Å². The third kappa shape index (κ3) is 4.51. The van der Waals surface area contributed by atoms with Gasteiger partial charge in [-0.3, -0.25) is 14.4 Å². The standard InChI is InChI=1S/C16H22N4O3/c1-16(2,3)18-14(22)12-5-4-6-13(17-12)15(23)20-9-7-19(11-21)8-10-20/h4-6,11H,7-10H2,1-3H3,(H,18,22). The summed E-state index contributed by atoms with van der Waals surface area (Å²) < 4.78 is 0. The first-order valence-corrected chi connectivity index (χ1v) is 7.58. The van der Waals surface area contributed by atoms with Crippen molar-refractivity contribution in [2.75, 3.05) is 26.2 Å². The topological polar surface area (TPSA) is 82.6 Å². The van der Waals surface area contributed by atoms with Crippen LogP contribution in [0, 0.1) is 0 Å². The second-order valence-electron chi connectivity index (χ2n) is 6.55. The number of carbonyl (C=O) groups excluding carboxylic acids is 3. The number of hydrogen-bond donors (Lipinski definition) is 1. The Balaban J connectivity index is 2.09. The van der Waals surface area contributed by atoms with E-state index in [1.807, 2.05) is 20.8 Å². The van der Waals surface area contributed by atoms with Gasteiger partial charge in [0, 0.05) is 31.7 Å². The maximum absolute atomic E-state index is 12.5. The normalized spacial score (nSPS) is 15.3. The first-order chi connectivity index (χ1) is 10.8. The largest absolute Gasteiger partial charge is 0.346 e. The molecule has 7 heteroatoms. The predicted octanol–water partition coefficient (Wildman–Crippen LogP) is 0.524. The molecule has 0 aromatic carbocycles. The molecule has 0 radical (unpaired) electrons. The number of nitrogens with zero attached hydrogens (tertiary/aromatic N) is 3. The SMILES string of the molecule is CC(C)(C)NC(=O)c1cccc(C(=O)N2CCN(C=O)CC2)n1. The van der Waals surface area contributed by atoms with Crippen molar-refractivity contribution < 1.29 is 14.4 Å². The van der Waals surface area contributed by atoms with Crippen molar-refractivity contribution in [1.82, 2.24) is 20.1 Å². The number of carbonyl (C=O) groups is 3. The highest BCUT2D eigenvalue weighted by Crippen LogP contribution is 2.09. The summed E-state index contributed by atoms with van der Waals surface area (Å²) in [5, 5.41) is 2.82. The van der Waals surface area contributed by atoms with E-state index in [1.54, 1.807) is 28.0 Å². The van der Waals surface area contributed by atoms with E-state index in [1.165, 1.54) is 0 Å². The number of hydrogen-bond acceptors (Lipinski definition) is 4. The zero-order valence-corrected chi connectivity index (χ0v) is 13.7. The summed E-state index contributed by atoms with van der Waals surface area (Å²) in [5.74, 6) is -0.529. The van der Waals surface area contributed by atoms with Crippen LogP contribution in [0.4, 0.5) is 0 Å². The fraction of sp³-hybridized carbons (Fsp3) is 0.500. The van der Waals surface area contributed by atoms with Crippen LogP contribution in [0.1, 0.15) is 41.7 Å². The molecule has 1 aromatic rings. The van der Waals surface area contributed by atoms with Gasteiger partial charge in [0.15, 0.2) is 0 Å². The van der Waals surface area contributed by atoms with Gasteiger partial charge in [0.25, 0.3) is 11.8 Å². The fourth-order valence-electron chi connectivity index (χ4n) is 2.28. The molecule has 1 aromatic heterocycles. The molecule has 1 N–H and O–H groups in total. The lowest BCUT2D eigenvalue weighted by Gasteiger charge is -2.32. The van der Waals surface area contributed by atoms with E-state index in [4.69, 9.17) is 0 Å². The van der Waals surface area contributed by atoms with Gasteiger partial charge in [0.2, 0.25) is 6.41 Å². The minimum Gasteiger partial charge on any atom is -0.346 e. The molecule has 0 aliphatic carbocycles. The smallest absolute Gasteiger partial charge is 0.272 e. The molecule has 2 heterocycles. The molecule has 0 atom stereocenters. The third-order valence-electron chi connectivity index (χ3n) is 3.44. The van der Waals surface area contributed by atoms with E-state index in [0.717, 1.165) is 6.41 Å². The Bertz CT molecular complexity index is 602. The monoisotopic (exact) mass is 318 g/mol. The molecule has 1 aliphatic heterocycles. The predicted molar refractivity (Wildman–Crippen MR) is 85.0 cm³/mol. The molecule has 1 fully saturated rings. The van der Waals surface area contributed by atoms with Gasteiger partial charge in [0.05, 0.1) is 0 Å². The number of nitrogens with one attached hydrogen (secondary N) is 1. The summed E-state index contributed by atoms with van der Waals surface area (Å²) >= 11 is 0. The number of amides is 3. The summed E-state index contributed by atoms with van der Waals surface area (Å²) in [6.07, 6.45) is 0.789. The fourth-order valence-corrected chi connectivity index (χ4v) is 2.28. The summed E-state index contributed by atoms with van der Waals surface area (Å²) in [6, 6.07) is 4.84. The number of pyridine rings is 1. The molecule has 23 heavy (non-hydrogen) atoms. The lowest BCUT2D eigenvalue weighted by molar-refractivity contribution is -0.119. The molecular formula is C16H22N4O3. The van der Waals surface area contributed by atoms with Crippen molar-refractivity contribution in [2.24, 2.45) is 0 Å². The van der Waals surface area contributed by atoms with E-state index in [0.29, 0.717) is 26.2 Å². The highest BCUT2D eigenvalue weighted by atomic mass is 16.2. The van der Waals surface area contributed by atoms with E-state index >= 15 is 0 Å². The molecule has 0 saturated carbocycles. The lowest BCUT2D eigenvalue weighted by atomic mass is 10.1. The van der Waals surface area contributed by atoms with Crippen LogP contribution in [-0.4, -0.2) is 64.7 Å². The van der Waals surface area contributed by atoms with Crippen LogP contribution in [0.3, 0.4) is 0 Å². The molecular weight excluding hydrogens is 296 g/mol. The van der Waals surface area contributed by atoms with Gasteiger partial charge in [-0.1, -0.05) is 6.07 Å². The first-order valence-electron chi connectivity index (χ1n) is 7.58. The molecule has 7 nitrogen and oxygen atoms in total. The summed E-state index contributed by atoms with van der Waals surface area (Å²) in [5.41, 5.74) is 0.0904. The highest BCUT2D eigenvalue weighted by molar-refractivity contribution is 5.96. The number of rotatable bonds is 3. The average molecular weight is 318 g/mol. The summed E-state index contributed by atoms with van der Waals surface area (Å²) in [6.45, 7) is 7.61. The zero-order chi connectivity index (χ0) is 17.0. The van der Waals surface area contributed by atoms with E-state index in [9.17, 15) is 14.4 Å². The van der Waals surface area contributed by atoms with Crippen molar-refractivity contribution in [3.8, 4) is 0 Å². The van der Waals surface area contributed by atoms with Gasteiger partial charge in [-0.05, 0) is 32.9 Å². The number of piperazine rings is 1. The minimum absolute atomic E-state index is 0.220. The molecule has 0 bridgehead atoms. The Kier molecular flexibility index (Phi) is 4.98. The van der Waals surface area contributed by atoms with Gasteiger partial charge < -0.3 is 15.1 Å². The summed E-state index contributed by atoms with van der Waals surface area (Å²) in [4.78, 5) is 42.8. The number of aromatic nitrogens is 1. The van der Waals surface area contributed by atoms with Gasteiger partial charge in [0.1, 0.15) is 11.4 Å². The minimum atomic E-state index is -0.371. The van der Waals surface area contributed by atoms with Gasteiger partial charge in [-0.25, -0.2) is 4.98 Å². The van der Waals surface area contributed by atoms with Gasteiger partial charge >= 0.3 is 0 Å². The Hall–Kier alpha value is -2.44. The average Bonchev–Trinajstić information content (AvgIpc) is 2.53. The maximum atomic E-state index is 12.5. The Morgan fingerprint density at radius 3 is 2.30 bits per heavy atom. The molecule has 124 valence electrons. The van der Waals surface area contributed by atoms with Crippen molar-refractivity contribution >= 4 is 18.2 Å². The van der Waals surface area contributed by atoms with Crippen LogP contribution in [-0.2, 0) is 4.79 Å². The first kappa shape index (κ1) is 16.9. The third-order valence-corrected chi connectivity index (χ3v) is 3.44. The van der Waals surface area contributed by atoms with Crippen molar-refractivity contribution in [2.45, 2.75) is 26.3 Å². The van der Waals surface area contributed by atoms with Crippen LogP contribution >= 0.6 is 0 Å².